The molecule has 1 aromatic carbocycles. The summed E-state index contributed by atoms with van der Waals surface area (Å²) < 4.78 is 0. The molecule has 2 aromatic heterocycles. The topological polar surface area (TPSA) is 61.0 Å². The summed E-state index contributed by atoms with van der Waals surface area (Å²) in [5.74, 6) is 0.828. The molecule has 1 amide bonds. The van der Waals surface area contributed by atoms with E-state index in [0.717, 1.165) is 43.7 Å². The van der Waals surface area contributed by atoms with Gasteiger partial charge in [0, 0.05) is 48.5 Å². The van der Waals surface area contributed by atoms with Crippen molar-refractivity contribution in [3.05, 3.63) is 59.9 Å². The molecule has 0 saturated heterocycles. The van der Waals surface area contributed by atoms with E-state index in [-0.39, 0.29) is 5.91 Å². The van der Waals surface area contributed by atoms with Gasteiger partial charge in [-0.05, 0) is 43.0 Å². The molecule has 0 radical (unpaired) electrons. The highest BCUT2D eigenvalue weighted by Gasteiger charge is 2.11. The highest BCUT2D eigenvalue weighted by Crippen LogP contribution is 2.18. The lowest BCUT2D eigenvalue weighted by molar-refractivity contribution is 0.0954. The minimum Gasteiger partial charge on any atom is -0.361 e. The van der Waals surface area contributed by atoms with Crippen molar-refractivity contribution >= 4 is 22.6 Å². The molecule has 27 heavy (non-hydrogen) atoms. The van der Waals surface area contributed by atoms with Crippen LogP contribution in [0.4, 0.5) is 5.82 Å². The molecule has 0 aliphatic rings. The lowest BCUT2D eigenvalue weighted by Crippen LogP contribution is -2.28. The summed E-state index contributed by atoms with van der Waals surface area (Å²) in [6.45, 7) is 6.82. The number of nitrogens with one attached hydrogen (secondary N) is 2. The fourth-order valence-corrected chi connectivity index (χ4v) is 3.36. The average molecular weight is 364 g/mol. The van der Waals surface area contributed by atoms with Crippen molar-refractivity contribution in [2.45, 2.75) is 33.1 Å². The molecule has 3 rings (SSSR count). The molecule has 2 heterocycles. The van der Waals surface area contributed by atoms with E-state index in [4.69, 9.17) is 0 Å². The van der Waals surface area contributed by atoms with Gasteiger partial charge < -0.3 is 15.2 Å². The highest BCUT2D eigenvalue weighted by atomic mass is 16.1. The third-order valence-electron chi connectivity index (χ3n) is 4.67. The van der Waals surface area contributed by atoms with Crippen LogP contribution in [0.15, 0.2) is 48.8 Å². The van der Waals surface area contributed by atoms with Gasteiger partial charge in [0.1, 0.15) is 5.82 Å². The second kappa shape index (κ2) is 9.21. The van der Waals surface area contributed by atoms with Crippen molar-refractivity contribution in [3.63, 3.8) is 0 Å². The van der Waals surface area contributed by atoms with Crippen molar-refractivity contribution in [2.24, 2.45) is 0 Å². The first kappa shape index (κ1) is 19.0. The summed E-state index contributed by atoms with van der Waals surface area (Å²) in [5.41, 5.74) is 3.01. The molecular formula is C22H28N4O. The monoisotopic (exact) mass is 364 g/mol. The Morgan fingerprint density at radius 3 is 2.70 bits per heavy atom. The van der Waals surface area contributed by atoms with E-state index in [1.807, 2.05) is 24.4 Å². The molecule has 2 N–H and O–H groups in total. The SMILES string of the molecule is CCCN(CCC)c1cc(C(=O)NCCc2c[nH]c3ccccc23)ccn1. The van der Waals surface area contributed by atoms with Gasteiger partial charge in [-0.1, -0.05) is 32.0 Å². The smallest absolute Gasteiger partial charge is 0.251 e. The first-order valence-electron chi connectivity index (χ1n) is 9.77. The fourth-order valence-electron chi connectivity index (χ4n) is 3.36. The highest BCUT2D eigenvalue weighted by molar-refractivity contribution is 5.94. The first-order chi connectivity index (χ1) is 13.2. The van der Waals surface area contributed by atoms with Gasteiger partial charge in [0.05, 0.1) is 0 Å². The Balaban J connectivity index is 1.61. The van der Waals surface area contributed by atoms with Crippen LogP contribution in [0.2, 0.25) is 0 Å². The lowest BCUT2D eigenvalue weighted by Gasteiger charge is -2.22. The molecule has 142 valence electrons. The number of H-pyrrole nitrogens is 1. The number of carbonyl (C=O) groups excluding carboxylic acids is 1. The number of aromatic nitrogens is 2. The van der Waals surface area contributed by atoms with E-state index in [1.165, 1.54) is 10.9 Å². The van der Waals surface area contributed by atoms with E-state index >= 15 is 0 Å². The molecule has 3 aromatic rings. The minimum absolute atomic E-state index is 0.0496. The van der Waals surface area contributed by atoms with Gasteiger partial charge in [0.15, 0.2) is 0 Å². The number of amides is 1. The number of fused-ring (bicyclic) bond motifs is 1. The molecule has 0 aliphatic carbocycles. The van der Waals surface area contributed by atoms with Crippen molar-refractivity contribution < 1.29 is 4.79 Å². The number of rotatable bonds is 9. The quantitative estimate of drug-likeness (QED) is 0.599. The maximum atomic E-state index is 12.6. The Labute approximate surface area is 160 Å². The lowest BCUT2D eigenvalue weighted by atomic mass is 10.1. The predicted molar refractivity (Wildman–Crippen MR) is 111 cm³/mol. The van der Waals surface area contributed by atoms with Crippen LogP contribution in [-0.4, -0.2) is 35.5 Å². The second-order valence-electron chi connectivity index (χ2n) is 6.76. The van der Waals surface area contributed by atoms with Gasteiger partial charge in [-0.25, -0.2) is 4.98 Å². The van der Waals surface area contributed by atoms with Gasteiger partial charge in [-0.15, -0.1) is 0 Å². The fraction of sp³-hybridized carbons (Fsp3) is 0.364. The summed E-state index contributed by atoms with van der Waals surface area (Å²) in [6.07, 6.45) is 6.66. The van der Waals surface area contributed by atoms with Gasteiger partial charge >= 0.3 is 0 Å². The number of aromatic amines is 1. The molecule has 5 nitrogen and oxygen atoms in total. The van der Waals surface area contributed by atoms with Gasteiger partial charge in [0.25, 0.3) is 5.91 Å². The maximum Gasteiger partial charge on any atom is 0.251 e. The third kappa shape index (κ3) is 4.67. The summed E-state index contributed by atoms with van der Waals surface area (Å²) in [5, 5.41) is 4.25. The number of anilines is 1. The number of hydrogen-bond acceptors (Lipinski definition) is 3. The molecule has 0 bridgehead atoms. The van der Waals surface area contributed by atoms with Gasteiger partial charge in [-0.3, -0.25) is 4.79 Å². The zero-order chi connectivity index (χ0) is 19.1. The van der Waals surface area contributed by atoms with Crippen LogP contribution in [-0.2, 0) is 6.42 Å². The van der Waals surface area contributed by atoms with Gasteiger partial charge in [-0.2, -0.15) is 0 Å². The molecule has 0 aliphatic heterocycles. The normalized spacial score (nSPS) is 10.9. The standard InChI is InChI=1S/C22H28N4O/c1-3-13-26(14-4-2)21-15-17(9-11-23-21)22(27)24-12-10-18-16-25-20-8-6-5-7-19(18)20/h5-9,11,15-16,25H,3-4,10,12-14H2,1-2H3,(H,24,27). The third-order valence-corrected chi connectivity index (χ3v) is 4.67. The van der Waals surface area contributed by atoms with Crippen LogP contribution in [0.3, 0.4) is 0 Å². The van der Waals surface area contributed by atoms with Crippen LogP contribution in [0.25, 0.3) is 10.9 Å². The van der Waals surface area contributed by atoms with E-state index in [9.17, 15) is 4.79 Å². The Morgan fingerprint density at radius 2 is 1.93 bits per heavy atom. The summed E-state index contributed by atoms with van der Waals surface area (Å²) >= 11 is 0. The summed E-state index contributed by atoms with van der Waals surface area (Å²) in [4.78, 5) is 22.5. The van der Waals surface area contributed by atoms with Crippen molar-refractivity contribution in [2.75, 3.05) is 24.5 Å². The number of nitrogens with zero attached hydrogens (tertiary/aromatic N) is 2. The van der Waals surface area contributed by atoms with Crippen LogP contribution in [0.1, 0.15) is 42.6 Å². The number of hydrogen-bond donors (Lipinski definition) is 2. The largest absolute Gasteiger partial charge is 0.361 e. The molecule has 0 unspecified atom stereocenters. The number of benzene rings is 1. The van der Waals surface area contributed by atoms with Crippen LogP contribution in [0.5, 0.6) is 0 Å². The molecule has 0 spiro atoms. The number of carbonyl (C=O) groups is 1. The van der Waals surface area contributed by atoms with E-state index < -0.39 is 0 Å². The maximum absolute atomic E-state index is 12.6. The van der Waals surface area contributed by atoms with Crippen LogP contribution >= 0.6 is 0 Å². The first-order valence-corrected chi connectivity index (χ1v) is 9.77. The van der Waals surface area contributed by atoms with E-state index in [1.54, 1.807) is 12.3 Å². The molecule has 5 heteroatoms. The Bertz CT molecular complexity index is 881. The minimum atomic E-state index is -0.0496. The predicted octanol–water partition coefficient (Wildman–Crippen LogP) is 4.16. The molecular weight excluding hydrogens is 336 g/mol. The Hall–Kier alpha value is -2.82. The summed E-state index contributed by atoms with van der Waals surface area (Å²) in [6, 6.07) is 11.9. The zero-order valence-corrected chi connectivity index (χ0v) is 16.2. The molecule has 0 saturated carbocycles. The number of para-hydroxylation sites is 1. The van der Waals surface area contributed by atoms with Crippen molar-refractivity contribution in [3.8, 4) is 0 Å². The Kier molecular flexibility index (Phi) is 6.47. The second-order valence-corrected chi connectivity index (χ2v) is 6.76. The van der Waals surface area contributed by atoms with Crippen LogP contribution < -0.4 is 10.2 Å². The van der Waals surface area contributed by atoms with Crippen molar-refractivity contribution in [1.29, 1.82) is 0 Å². The molecule has 0 atom stereocenters. The average Bonchev–Trinajstić information content (AvgIpc) is 3.11. The van der Waals surface area contributed by atoms with Gasteiger partial charge in [0.2, 0.25) is 0 Å². The van der Waals surface area contributed by atoms with Crippen LogP contribution in [0, 0.1) is 0 Å². The number of pyridine rings is 1. The Morgan fingerprint density at radius 1 is 1.15 bits per heavy atom. The zero-order valence-electron chi connectivity index (χ0n) is 16.2. The molecule has 0 fully saturated rings. The van der Waals surface area contributed by atoms with E-state index in [0.29, 0.717) is 12.1 Å². The summed E-state index contributed by atoms with van der Waals surface area (Å²) in [7, 11) is 0. The van der Waals surface area contributed by atoms with Crippen molar-refractivity contribution in [1.82, 2.24) is 15.3 Å². The van der Waals surface area contributed by atoms with E-state index in [2.05, 4.69) is 46.2 Å².